The maximum atomic E-state index is 13.2. The van der Waals surface area contributed by atoms with Crippen molar-refractivity contribution in [2.45, 2.75) is 6.42 Å². The van der Waals surface area contributed by atoms with Gasteiger partial charge < -0.3 is 15.6 Å². The number of nitrogens with one attached hydrogen (secondary N) is 3. The van der Waals surface area contributed by atoms with Crippen molar-refractivity contribution in [3.05, 3.63) is 53.7 Å². The number of H-pyrrole nitrogens is 1. The summed E-state index contributed by atoms with van der Waals surface area (Å²) in [5, 5.41) is 5.71. The van der Waals surface area contributed by atoms with Gasteiger partial charge in [0.25, 0.3) is 5.91 Å². The third kappa shape index (κ3) is 3.28. The molecular weight excluding hydrogens is 297 g/mol. The van der Waals surface area contributed by atoms with Gasteiger partial charge in [-0.15, -0.1) is 0 Å². The first-order chi connectivity index (χ1) is 11.2. The van der Waals surface area contributed by atoms with E-state index >= 15 is 0 Å². The van der Waals surface area contributed by atoms with Gasteiger partial charge in [-0.1, -0.05) is 0 Å². The number of amides is 1. The third-order valence-electron chi connectivity index (χ3n) is 3.43. The van der Waals surface area contributed by atoms with Crippen molar-refractivity contribution in [3.8, 4) is 0 Å². The first-order valence-electron chi connectivity index (χ1n) is 7.22. The predicted molar refractivity (Wildman–Crippen MR) is 85.9 cm³/mol. The fourth-order valence-corrected chi connectivity index (χ4v) is 2.32. The number of benzene rings is 1. The van der Waals surface area contributed by atoms with Gasteiger partial charge in [-0.05, 0) is 30.3 Å². The summed E-state index contributed by atoms with van der Waals surface area (Å²) in [4.78, 5) is 23.4. The molecule has 1 aromatic carbocycles. The van der Waals surface area contributed by atoms with Gasteiger partial charge in [-0.25, -0.2) is 14.4 Å². The van der Waals surface area contributed by atoms with Crippen LogP contribution < -0.4 is 10.6 Å². The smallest absolute Gasteiger partial charge is 0.254 e. The number of rotatable bonds is 5. The molecule has 0 atom stereocenters. The Morgan fingerprint density at radius 1 is 1.35 bits per heavy atom. The second-order valence-electron chi connectivity index (χ2n) is 5.00. The minimum Gasteiger partial charge on any atom is -0.369 e. The molecule has 3 aromatic rings. The minimum absolute atomic E-state index is 0.195. The Bertz CT molecular complexity index is 845. The molecule has 0 bridgehead atoms. The van der Waals surface area contributed by atoms with Crippen LogP contribution in [0.4, 0.5) is 10.2 Å². The molecule has 2 aromatic heterocycles. The molecule has 0 saturated carbocycles. The van der Waals surface area contributed by atoms with Crippen LogP contribution in [0.3, 0.4) is 0 Å². The highest BCUT2D eigenvalue weighted by atomic mass is 19.1. The average molecular weight is 313 g/mol. The first-order valence-corrected chi connectivity index (χ1v) is 7.22. The van der Waals surface area contributed by atoms with Crippen molar-refractivity contribution in [2.75, 3.05) is 18.9 Å². The van der Waals surface area contributed by atoms with E-state index in [-0.39, 0.29) is 11.7 Å². The second kappa shape index (κ2) is 6.43. The average Bonchev–Trinajstić information content (AvgIpc) is 2.96. The third-order valence-corrected chi connectivity index (χ3v) is 3.43. The Morgan fingerprint density at radius 3 is 3.04 bits per heavy atom. The van der Waals surface area contributed by atoms with Crippen molar-refractivity contribution in [3.63, 3.8) is 0 Å². The Hall–Kier alpha value is -2.96. The molecule has 1 amide bonds. The molecule has 0 unspecified atom stereocenters. The summed E-state index contributed by atoms with van der Waals surface area (Å²) in [5.41, 5.74) is 1.89. The number of carbonyl (C=O) groups excluding carboxylic acids is 1. The molecule has 118 valence electrons. The Labute approximate surface area is 132 Å². The number of aromatic amines is 1. The highest BCUT2D eigenvalue weighted by molar-refractivity contribution is 5.98. The highest BCUT2D eigenvalue weighted by Gasteiger charge is 2.10. The molecular formula is C16H16FN5O. The number of halogens is 1. The number of imidazole rings is 1. The van der Waals surface area contributed by atoms with Crippen molar-refractivity contribution in [2.24, 2.45) is 0 Å². The van der Waals surface area contributed by atoms with Gasteiger partial charge in [-0.2, -0.15) is 0 Å². The Morgan fingerprint density at radius 2 is 2.22 bits per heavy atom. The van der Waals surface area contributed by atoms with Crippen molar-refractivity contribution in [1.29, 1.82) is 0 Å². The van der Waals surface area contributed by atoms with E-state index in [0.29, 0.717) is 29.9 Å². The van der Waals surface area contributed by atoms with Crippen molar-refractivity contribution >= 4 is 22.8 Å². The van der Waals surface area contributed by atoms with Gasteiger partial charge >= 0.3 is 0 Å². The molecule has 0 spiro atoms. The molecule has 3 N–H and O–H groups in total. The van der Waals surface area contributed by atoms with Crippen LogP contribution in [-0.4, -0.2) is 34.5 Å². The lowest BCUT2D eigenvalue weighted by Gasteiger charge is -2.08. The molecule has 0 aliphatic heterocycles. The number of hydrogen-bond donors (Lipinski definition) is 3. The lowest BCUT2D eigenvalue weighted by molar-refractivity contribution is 0.0963. The molecule has 3 rings (SSSR count). The number of pyridine rings is 1. The van der Waals surface area contributed by atoms with Crippen LogP contribution in [-0.2, 0) is 6.42 Å². The van der Waals surface area contributed by atoms with E-state index in [0.717, 1.165) is 11.3 Å². The zero-order valence-corrected chi connectivity index (χ0v) is 12.6. The van der Waals surface area contributed by atoms with Crippen LogP contribution in [0.5, 0.6) is 0 Å². The molecule has 0 radical (unpaired) electrons. The van der Waals surface area contributed by atoms with Gasteiger partial charge in [0.2, 0.25) is 0 Å². The van der Waals surface area contributed by atoms with E-state index < -0.39 is 0 Å². The highest BCUT2D eigenvalue weighted by Crippen LogP contribution is 2.14. The predicted octanol–water partition coefficient (Wildman–Crippen LogP) is 2.11. The number of nitrogens with zero attached hydrogens (tertiary/aromatic N) is 2. The summed E-state index contributed by atoms with van der Waals surface area (Å²) in [6, 6.07) is 7.86. The summed E-state index contributed by atoms with van der Waals surface area (Å²) >= 11 is 0. The maximum Gasteiger partial charge on any atom is 0.254 e. The van der Waals surface area contributed by atoms with E-state index in [1.54, 1.807) is 31.4 Å². The van der Waals surface area contributed by atoms with Crippen LogP contribution in [0.25, 0.3) is 11.0 Å². The Balaban J connectivity index is 1.68. The summed E-state index contributed by atoms with van der Waals surface area (Å²) in [6.07, 6.45) is 2.22. The van der Waals surface area contributed by atoms with E-state index in [9.17, 15) is 9.18 Å². The number of fused-ring (bicyclic) bond motifs is 1. The number of anilines is 1. The number of aromatic nitrogens is 3. The van der Waals surface area contributed by atoms with Gasteiger partial charge in [-0.3, -0.25) is 4.79 Å². The molecule has 6 nitrogen and oxygen atoms in total. The van der Waals surface area contributed by atoms with E-state index in [2.05, 4.69) is 25.6 Å². The summed E-state index contributed by atoms with van der Waals surface area (Å²) in [5.74, 6) is 0.777. The van der Waals surface area contributed by atoms with Crippen LogP contribution >= 0.6 is 0 Å². The number of hydrogen-bond acceptors (Lipinski definition) is 4. The van der Waals surface area contributed by atoms with E-state index in [1.165, 1.54) is 12.1 Å². The topological polar surface area (TPSA) is 82.7 Å². The molecule has 0 saturated heterocycles. The van der Waals surface area contributed by atoms with Gasteiger partial charge in [0, 0.05) is 26.2 Å². The van der Waals surface area contributed by atoms with Crippen molar-refractivity contribution in [1.82, 2.24) is 20.3 Å². The monoisotopic (exact) mass is 313 g/mol. The Kier molecular flexibility index (Phi) is 4.18. The SMILES string of the molecule is CNC(=O)c1cccnc1NCCc1nc2ccc(F)cc2[nH]1. The maximum absolute atomic E-state index is 13.2. The quantitative estimate of drug-likeness (QED) is 0.674. The second-order valence-corrected chi connectivity index (χ2v) is 5.00. The van der Waals surface area contributed by atoms with Crippen molar-refractivity contribution < 1.29 is 9.18 Å². The van der Waals surface area contributed by atoms with Crippen LogP contribution in [0.2, 0.25) is 0 Å². The molecule has 0 fully saturated rings. The minimum atomic E-state index is -0.297. The lowest BCUT2D eigenvalue weighted by atomic mass is 10.2. The van der Waals surface area contributed by atoms with Crippen LogP contribution in [0.1, 0.15) is 16.2 Å². The van der Waals surface area contributed by atoms with Crippen LogP contribution in [0, 0.1) is 5.82 Å². The fourth-order valence-electron chi connectivity index (χ4n) is 2.32. The lowest BCUT2D eigenvalue weighted by Crippen LogP contribution is -2.20. The normalized spacial score (nSPS) is 10.7. The van der Waals surface area contributed by atoms with Gasteiger partial charge in [0.1, 0.15) is 17.5 Å². The molecule has 7 heteroatoms. The van der Waals surface area contributed by atoms with E-state index in [1.807, 2.05) is 0 Å². The van der Waals surface area contributed by atoms with Gasteiger partial charge in [0.15, 0.2) is 0 Å². The summed E-state index contributed by atoms with van der Waals surface area (Å²) < 4.78 is 13.2. The van der Waals surface area contributed by atoms with Crippen LogP contribution in [0.15, 0.2) is 36.5 Å². The van der Waals surface area contributed by atoms with E-state index in [4.69, 9.17) is 0 Å². The molecule has 0 aliphatic carbocycles. The standard InChI is InChI=1S/C16H16FN5O/c1-18-16(23)11-3-2-7-19-15(11)20-8-6-14-21-12-5-4-10(17)9-13(12)22-14/h2-5,7,9H,6,8H2,1H3,(H,18,23)(H,19,20)(H,21,22). The number of carbonyl (C=O) groups is 1. The van der Waals surface area contributed by atoms with Gasteiger partial charge in [0.05, 0.1) is 16.6 Å². The molecule has 0 aliphatic rings. The summed E-state index contributed by atoms with van der Waals surface area (Å²) in [6.45, 7) is 0.545. The molecule has 23 heavy (non-hydrogen) atoms. The fraction of sp³-hybridized carbons (Fsp3) is 0.188. The first kappa shape index (κ1) is 15.0. The largest absolute Gasteiger partial charge is 0.369 e. The molecule has 2 heterocycles. The summed E-state index contributed by atoms with van der Waals surface area (Å²) in [7, 11) is 1.58. The zero-order chi connectivity index (χ0) is 16.2. The zero-order valence-electron chi connectivity index (χ0n) is 12.6.